The lowest BCUT2D eigenvalue weighted by atomic mass is 10.1. The molecule has 1 aromatic carbocycles. The van der Waals surface area contributed by atoms with Gasteiger partial charge in [-0.25, -0.2) is 14.8 Å². The molecule has 1 aromatic heterocycles. The number of aromatic carboxylic acids is 1. The second-order valence-electron chi connectivity index (χ2n) is 5.90. The van der Waals surface area contributed by atoms with E-state index in [0.29, 0.717) is 19.7 Å². The second kappa shape index (κ2) is 7.85. The third kappa shape index (κ3) is 4.39. The Morgan fingerprint density at radius 2 is 1.88 bits per heavy atom. The number of carboxylic acid groups (broad SMARTS) is 1. The zero-order valence-electron chi connectivity index (χ0n) is 13.7. The quantitative estimate of drug-likeness (QED) is 0.864. The summed E-state index contributed by atoms with van der Waals surface area (Å²) in [6.07, 6.45) is 4.23. The second-order valence-corrected chi connectivity index (χ2v) is 5.90. The molecule has 1 N–H and O–H groups in total. The van der Waals surface area contributed by atoms with Crippen LogP contribution in [-0.4, -0.2) is 51.1 Å². The first-order chi connectivity index (χ1) is 12.1. The highest BCUT2D eigenvalue weighted by Gasteiger charge is 2.24. The summed E-state index contributed by atoms with van der Waals surface area (Å²) >= 11 is 0. The fourth-order valence-electron chi connectivity index (χ4n) is 2.77. The average molecular weight is 341 g/mol. The summed E-state index contributed by atoms with van der Waals surface area (Å²) in [5.41, 5.74) is 0.938. The van der Waals surface area contributed by atoms with Crippen LogP contribution in [-0.2, 0) is 11.3 Å². The molecule has 25 heavy (non-hydrogen) atoms. The molecule has 1 aliphatic heterocycles. The van der Waals surface area contributed by atoms with E-state index in [-0.39, 0.29) is 23.4 Å². The van der Waals surface area contributed by atoms with Gasteiger partial charge in [-0.2, -0.15) is 0 Å². The Balaban J connectivity index is 1.78. The van der Waals surface area contributed by atoms with Crippen LogP contribution in [0.25, 0.3) is 0 Å². The molecule has 3 rings (SSSR count). The van der Waals surface area contributed by atoms with Gasteiger partial charge in [0.15, 0.2) is 5.69 Å². The van der Waals surface area contributed by atoms with Gasteiger partial charge in [-0.15, -0.1) is 0 Å². The molecule has 0 spiro atoms. The Hall–Kier alpha value is -2.80. The van der Waals surface area contributed by atoms with Gasteiger partial charge < -0.3 is 14.7 Å². The maximum atomic E-state index is 12.8. The highest BCUT2D eigenvalue weighted by molar-refractivity contribution is 5.92. The minimum atomic E-state index is -1.17. The molecular formula is C18H19N3O4. The van der Waals surface area contributed by atoms with E-state index < -0.39 is 5.97 Å². The number of amides is 1. The number of rotatable bonds is 6. The molecule has 0 radical (unpaired) electrons. The van der Waals surface area contributed by atoms with E-state index in [9.17, 15) is 9.59 Å². The maximum absolute atomic E-state index is 12.8. The van der Waals surface area contributed by atoms with Crippen molar-refractivity contribution in [3.05, 3.63) is 59.7 Å². The molecule has 2 heterocycles. The highest BCUT2D eigenvalue weighted by Crippen LogP contribution is 2.16. The molecule has 0 saturated carbocycles. The number of ether oxygens (including phenoxy) is 1. The molecule has 1 aliphatic rings. The Kier molecular flexibility index (Phi) is 5.35. The predicted molar refractivity (Wildman–Crippen MR) is 89.1 cm³/mol. The molecule has 130 valence electrons. The van der Waals surface area contributed by atoms with E-state index in [2.05, 4.69) is 9.97 Å². The smallest absolute Gasteiger partial charge is 0.356 e. The van der Waals surface area contributed by atoms with Gasteiger partial charge in [-0.05, 0) is 18.4 Å². The van der Waals surface area contributed by atoms with Gasteiger partial charge in [0, 0.05) is 19.7 Å². The number of nitrogens with zero attached hydrogens (tertiary/aromatic N) is 3. The van der Waals surface area contributed by atoms with Gasteiger partial charge >= 0.3 is 5.97 Å². The molecule has 1 saturated heterocycles. The van der Waals surface area contributed by atoms with Crippen LogP contribution in [0.4, 0.5) is 0 Å². The topological polar surface area (TPSA) is 92.6 Å². The van der Waals surface area contributed by atoms with Crippen molar-refractivity contribution in [3.63, 3.8) is 0 Å². The van der Waals surface area contributed by atoms with Gasteiger partial charge in [0.05, 0.1) is 18.5 Å². The molecular weight excluding hydrogens is 322 g/mol. The molecule has 7 nitrogen and oxygen atoms in total. The average Bonchev–Trinajstić information content (AvgIpc) is 3.14. The number of carbonyl (C=O) groups is 2. The number of hydrogen-bond acceptors (Lipinski definition) is 5. The Bertz CT molecular complexity index is 728. The number of carboxylic acids is 1. The first-order valence-electron chi connectivity index (χ1n) is 8.13. The Morgan fingerprint density at radius 1 is 1.16 bits per heavy atom. The van der Waals surface area contributed by atoms with Crippen LogP contribution in [0.5, 0.6) is 0 Å². The van der Waals surface area contributed by atoms with Crippen LogP contribution in [0.15, 0.2) is 42.7 Å². The maximum Gasteiger partial charge on any atom is 0.356 e. The summed E-state index contributed by atoms with van der Waals surface area (Å²) < 4.78 is 5.65. The lowest BCUT2D eigenvalue weighted by molar-refractivity contribution is 0.0502. The predicted octanol–water partition coefficient (Wildman–Crippen LogP) is 2.00. The van der Waals surface area contributed by atoms with E-state index in [1.165, 1.54) is 6.20 Å². The zero-order chi connectivity index (χ0) is 17.6. The van der Waals surface area contributed by atoms with Gasteiger partial charge in [0.25, 0.3) is 5.91 Å². The molecule has 1 atom stereocenters. The van der Waals surface area contributed by atoms with Crippen LogP contribution < -0.4 is 0 Å². The Labute approximate surface area is 145 Å². The lowest BCUT2D eigenvalue weighted by Crippen LogP contribution is -2.37. The van der Waals surface area contributed by atoms with E-state index in [1.807, 2.05) is 30.3 Å². The van der Waals surface area contributed by atoms with Crippen molar-refractivity contribution >= 4 is 11.9 Å². The number of aromatic nitrogens is 2. The zero-order valence-corrected chi connectivity index (χ0v) is 13.7. The van der Waals surface area contributed by atoms with Crippen LogP contribution >= 0.6 is 0 Å². The molecule has 0 bridgehead atoms. The number of hydrogen-bond donors (Lipinski definition) is 1. The summed E-state index contributed by atoms with van der Waals surface area (Å²) in [7, 11) is 0. The molecule has 1 fully saturated rings. The third-order valence-electron chi connectivity index (χ3n) is 4.04. The monoisotopic (exact) mass is 341 g/mol. The van der Waals surface area contributed by atoms with Crippen molar-refractivity contribution in [2.75, 3.05) is 13.2 Å². The van der Waals surface area contributed by atoms with E-state index in [1.54, 1.807) is 4.90 Å². The van der Waals surface area contributed by atoms with E-state index >= 15 is 0 Å². The molecule has 0 aliphatic carbocycles. The Morgan fingerprint density at radius 3 is 2.48 bits per heavy atom. The number of carbonyl (C=O) groups excluding carboxylic acids is 1. The SMILES string of the molecule is O=C(O)c1cnc(C(=O)N(Cc2ccccc2)CC2CCCO2)cn1. The van der Waals surface area contributed by atoms with Gasteiger partial charge in [0.1, 0.15) is 5.69 Å². The van der Waals surface area contributed by atoms with Gasteiger partial charge in [0.2, 0.25) is 0 Å². The summed E-state index contributed by atoms with van der Waals surface area (Å²) in [5.74, 6) is -1.46. The van der Waals surface area contributed by atoms with E-state index in [0.717, 1.165) is 24.6 Å². The molecule has 2 aromatic rings. The minimum absolute atomic E-state index is 0.0129. The normalized spacial score (nSPS) is 16.6. The third-order valence-corrected chi connectivity index (χ3v) is 4.04. The fourth-order valence-corrected chi connectivity index (χ4v) is 2.77. The van der Waals surface area contributed by atoms with Crippen molar-refractivity contribution in [1.82, 2.24) is 14.9 Å². The largest absolute Gasteiger partial charge is 0.476 e. The van der Waals surface area contributed by atoms with Crippen molar-refractivity contribution in [2.45, 2.75) is 25.5 Å². The van der Waals surface area contributed by atoms with Crippen molar-refractivity contribution < 1.29 is 19.4 Å². The fraction of sp³-hybridized carbons (Fsp3) is 0.333. The summed E-state index contributed by atoms with van der Waals surface area (Å²) in [4.78, 5) is 33.1. The van der Waals surface area contributed by atoms with Crippen molar-refractivity contribution in [1.29, 1.82) is 0 Å². The van der Waals surface area contributed by atoms with Gasteiger partial charge in [-0.3, -0.25) is 4.79 Å². The van der Waals surface area contributed by atoms with Gasteiger partial charge in [-0.1, -0.05) is 30.3 Å². The van der Waals surface area contributed by atoms with Crippen LogP contribution in [0.1, 0.15) is 39.4 Å². The summed E-state index contributed by atoms with van der Waals surface area (Å²) in [6, 6.07) is 9.67. The van der Waals surface area contributed by atoms with Crippen LogP contribution in [0.3, 0.4) is 0 Å². The molecule has 1 unspecified atom stereocenters. The summed E-state index contributed by atoms with van der Waals surface area (Å²) in [6.45, 7) is 1.61. The summed E-state index contributed by atoms with van der Waals surface area (Å²) in [5, 5.41) is 8.89. The van der Waals surface area contributed by atoms with E-state index in [4.69, 9.17) is 9.84 Å². The van der Waals surface area contributed by atoms with Crippen molar-refractivity contribution in [3.8, 4) is 0 Å². The highest BCUT2D eigenvalue weighted by atomic mass is 16.5. The first-order valence-corrected chi connectivity index (χ1v) is 8.13. The minimum Gasteiger partial charge on any atom is -0.476 e. The molecule has 7 heteroatoms. The van der Waals surface area contributed by atoms with Crippen LogP contribution in [0, 0.1) is 0 Å². The van der Waals surface area contributed by atoms with Crippen molar-refractivity contribution in [2.24, 2.45) is 0 Å². The molecule has 1 amide bonds. The lowest BCUT2D eigenvalue weighted by Gasteiger charge is -2.25. The number of benzene rings is 1. The first kappa shape index (κ1) is 17.0. The standard InChI is InChI=1S/C18H19N3O4/c22-17(15-9-20-16(10-19-15)18(23)24)21(12-14-7-4-8-25-14)11-13-5-2-1-3-6-13/h1-3,5-6,9-10,14H,4,7-8,11-12H2,(H,23,24). The van der Waals surface area contributed by atoms with Crippen LogP contribution in [0.2, 0.25) is 0 Å².